The average Bonchev–Trinajstić information content (AvgIpc) is 2.38. The maximum Gasteiger partial charge on any atom is 0.249 e. The van der Waals surface area contributed by atoms with Gasteiger partial charge in [0.1, 0.15) is 17.5 Å². The van der Waals surface area contributed by atoms with Crippen LogP contribution in [-0.2, 0) is 10.0 Å². The van der Waals surface area contributed by atoms with Crippen molar-refractivity contribution in [2.24, 2.45) is 0 Å². The Morgan fingerprint density at radius 1 is 1.29 bits per heavy atom. The lowest BCUT2D eigenvalue weighted by Crippen LogP contribution is -2.48. The summed E-state index contributed by atoms with van der Waals surface area (Å²) >= 11 is 0. The number of benzene rings is 1. The van der Waals surface area contributed by atoms with E-state index in [1.807, 2.05) is 0 Å². The zero-order valence-electron chi connectivity index (χ0n) is 11.6. The topological polar surface area (TPSA) is 49.4 Å². The van der Waals surface area contributed by atoms with E-state index in [4.69, 9.17) is 0 Å². The highest BCUT2D eigenvalue weighted by Crippen LogP contribution is 2.26. The van der Waals surface area contributed by atoms with Crippen LogP contribution >= 0.6 is 0 Å². The number of hydrogen-bond donors (Lipinski definition) is 1. The molecule has 1 atom stereocenters. The van der Waals surface area contributed by atoms with E-state index in [0.717, 1.165) is 17.3 Å². The molecule has 1 saturated heterocycles. The van der Waals surface area contributed by atoms with Crippen LogP contribution in [0, 0.1) is 17.5 Å². The fraction of sp³-hybridized carbons (Fsp3) is 0.538. The Kier molecular flexibility index (Phi) is 4.90. The lowest BCUT2D eigenvalue weighted by atomic mass is 10.1. The minimum atomic E-state index is -4.35. The van der Waals surface area contributed by atoms with Gasteiger partial charge in [-0.25, -0.2) is 21.6 Å². The van der Waals surface area contributed by atoms with Crippen LogP contribution in [0.15, 0.2) is 17.0 Å². The van der Waals surface area contributed by atoms with Crippen LogP contribution in [0.4, 0.5) is 13.2 Å². The van der Waals surface area contributed by atoms with E-state index in [-0.39, 0.29) is 12.6 Å². The maximum atomic E-state index is 13.8. The van der Waals surface area contributed by atoms with Gasteiger partial charge in [0.2, 0.25) is 10.0 Å². The van der Waals surface area contributed by atoms with Gasteiger partial charge in [-0.2, -0.15) is 4.31 Å². The van der Waals surface area contributed by atoms with Crippen molar-refractivity contribution >= 4 is 10.0 Å². The summed E-state index contributed by atoms with van der Waals surface area (Å²) in [6.07, 6.45) is 1.40. The summed E-state index contributed by atoms with van der Waals surface area (Å²) in [6, 6.07) is 0.392. The summed E-state index contributed by atoms with van der Waals surface area (Å²) in [7, 11) is -4.35. The number of rotatable bonds is 4. The fourth-order valence-electron chi connectivity index (χ4n) is 2.60. The minimum Gasteiger partial charge on any atom is -0.315 e. The second kappa shape index (κ2) is 6.33. The van der Waals surface area contributed by atoms with Crippen LogP contribution in [-0.4, -0.2) is 38.4 Å². The molecule has 0 saturated carbocycles. The second-order valence-corrected chi connectivity index (χ2v) is 6.73. The van der Waals surface area contributed by atoms with Gasteiger partial charge < -0.3 is 5.32 Å². The van der Waals surface area contributed by atoms with E-state index in [9.17, 15) is 21.6 Å². The Labute approximate surface area is 122 Å². The standard InChI is InChI=1S/C13H17F3N2O2S/c1-2-18(10-4-3-5-17-8-10)21(19,20)13-11(15)6-9(14)7-12(13)16/h6-7,10,17H,2-5,8H2,1H3. The van der Waals surface area contributed by atoms with Gasteiger partial charge >= 0.3 is 0 Å². The number of halogens is 3. The van der Waals surface area contributed by atoms with Crippen molar-refractivity contribution in [1.82, 2.24) is 9.62 Å². The van der Waals surface area contributed by atoms with Crippen molar-refractivity contribution in [1.29, 1.82) is 0 Å². The summed E-state index contributed by atoms with van der Waals surface area (Å²) < 4.78 is 66.6. The van der Waals surface area contributed by atoms with Crippen LogP contribution in [0.25, 0.3) is 0 Å². The molecule has 1 heterocycles. The molecule has 1 aromatic carbocycles. The van der Waals surface area contributed by atoms with Gasteiger partial charge in [0.05, 0.1) is 0 Å². The first-order valence-corrected chi connectivity index (χ1v) is 8.19. The molecular formula is C13H17F3N2O2S. The highest BCUT2D eigenvalue weighted by Gasteiger charge is 2.35. The van der Waals surface area contributed by atoms with E-state index >= 15 is 0 Å². The molecule has 21 heavy (non-hydrogen) atoms. The smallest absolute Gasteiger partial charge is 0.249 e. The number of nitrogens with one attached hydrogen (secondary N) is 1. The number of piperidine rings is 1. The van der Waals surface area contributed by atoms with Crippen molar-refractivity contribution in [2.75, 3.05) is 19.6 Å². The SMILES string of the molecule is CCN(C1CCCNC1)S(=O)(=O)c1c(F)cc(F)cc1F. The van der Waals surface area contributed by atoms with Gasteiger partial charge in [-0.1, -0.05) is 6.92 Å². The molecule has 0 radical (unpaired) electrons. The molecule has 0 bridgehead atoms. The summed E-state index contributed by atoms with van der Waals surface area (Å²) in [4.78, 5) is -1.09. The fourth-order valence-corrected chi connectivity index (χ4v) is 4.35. The van der Waals surface area contributed by atoms with Crippen molar-refractivity contribution in [3.8, 4) is 0 Å². The highest BCUT2D eigenvalue weighted by molar-refractivity contribution is 7.89. The van der Waals surface area contributed by atoms with Gasteiger partial charge in [-0.3, -0.25) is 0 Å². The third-order valence-corrected chi connectivity index (χ3v) is 5.60. The summed E-state index contributed by atoms with van der Waals surface area (Å²) in [6.45, 7) is 2.90. The molecule has 0 amide bonds. The molecule has 0 spiro atoms. The van der Waals surface area contributed by atoms with Gasteiger partial charge in [-0.05, 0) is 19.4 Å². The van der Waals surface area contributed by atoms with Gasteiger partial charge in [0.15, 0.2) is 4.90 Å². The number of sulfonamides is 1. The van der Waals surface area contributed by atoms with Crippen molar-refractivity contribution in [3.05, 3.63) is 29.6 Å². The Bertz CT molecular complexity index is 593. The second-order valence-electron chi connectivity index (χ2n) is 4.91. The van der Waals surface area contributed by atoms with Gasteiger partial charge in [0, 0.05) is 31.3 Å². The van der Waals surface area contributed by atoms with Crippen molar-refractivity contribution < 1.29 is 21.6 Å². The van der Waals surface area contributed by atoms with Crippen LogP contribution in [0.5, 0.6) is 0 Å². The van der Waals surface area contributed by atoms with Crippen LogP contribution in [0.3, 0.4) is 0 Å². The van der Waals surface area contributed by atoms with E-state index in [2.05, 4.69) is 5.32 Å². The van der Waals surface area contributed by atoms with Crippen molar-refractivity contribution in [3.63, 3.8) is 0 Å². The summed E-state index contributed by atoms with van der Waals surface area (Å²) in [5, 5.41) is 3.06. The first-order chi connectivity index (χ1) is 9.87. The molecular weight excluding hydrogens is 305 g/mol. The molecule has 1 unspecified atom stereocenters. The third kappa shape index (κ3) is 3.22. The zero-order valence-corrected chi connectivity index (χ0v) is 12.4. The third-order valence-electron chi connectivity index (χ3n) is 3.52. The molecule has 2 rings (SSSR count). The molecule has 0 aromatic heterocycles. The molecule has 1 aliphatic heterocycles. The normalized spacial score (nSPS) is 20.0. The first-order valence-electron chi connectivity index (χ1n) is 6.75. The van der Waals surface area contributed by atoms with Crippen LogP contribution < -0.4 is 5.32 Å². The zero-order chi connectivity index (χ0) is 15.6. The quantitative estimate of drug-likeness (QED) is 0.921. The lowest BCUT2D eigenvalue weighted by molar-refractivity contribution is 0.272. The number of likely N-dealkylation sites (N-methyl/N-ethyl adjacent to an activating group) is 1. The Morgan fingerprint density at radius 3 is 2.38 bits per heavy atom. The summed E-state index contributed by atoms with van der Waals surface area (Å²) in [5.41, 5.74) is 0. The molecule has 4 nitrogen and oxygen atoms in total. The Hall–Kier alpha value is -1.12. The van der Waals surface area contributed by atoms with Gasteiger partial charge in [-0.15, -0.1) is 0 Å². The predicted molar refractivity (Wildman–Crippen MR) is 71.8 cm³/mol. The first kappa shape index (κ1) is 16.3. The number of hydrogen-bond acceptors (Lipinski definition) is 3. The Morgan fingerprint density at radius 2 is 1.90 bits per heavy atom. The summed E-state index contributed by atoms with van der Waals surface area (Å²) in [5.74, 6) is -3.96. The minimum absolute atomic E-state index is 0.0882. The molecule has 0 aliphatic carbocycles. The molecule has 1 aromatic rings. The van der Waals surface area contributed by atoms with E-state index in [1.54, 1.807) is 6.92 Å². The monoisotopic (exact) mass is 322 g/mol. The largest absolute Gasteiger partial charge is 0.315 e. The van der Waals surface area contributed by atoms with E-state index in [1.165, 1.54) is 0 Å². The number of nitrogens with zero attached hydrogens (tertiary/aromatic N) is 1. The van der Waals surface area contributed by atoms with E-state index in [0.29, 0.717) is 25.1 Å². The maximum absolute atomic E-state index is 13.8. The highest BCUT2D eigenvalue weighted by atomic mass is 32.2. The molecule has 8 heteroatoms. The molecule has 1 aliphatic rings. The van der Waals surface area contributed by atoms with Gasteiger partial charge in [0.25, 0.3) is 0 Å². The lowest BCUT2D eigenvalue weighted by Gasteiger charge is -2.33. The van der Waals surface area contributed by atoms with E-state index < -0.39 is 32.4 Å². The predicted octanol–water partition coefficient (Wildman–Crippen LogP) is 1.87. The molecule has 1 fully saturated rings. The van der Waals surface area contributed by atoms with Crippen LogP contribution in [0.1, 0.15) is 19.8 Å². The molecule has 118 valence electrons. The molecule has 1 N–H and O–H groups in total. The average molecular weight is 322 g/mol. The van der Waals surface area contributed by atoms with Crippen molar-refractivity contribution in [2.45, 2.75) is 30.7 Å². The Balaban J connectivity index is 2.44. The van der Waals surface area contributed by atoms with Crippen LogP contribution in [0.2, 0.25) is 0 Å².